The molecule has 3 rings (SSSR count). The summed E-state index contributed by atoms with van der Waals surface area (Å²) in [5.41, 5.74) is 0.761. The number of aliphatic hydroxyl groups excluding tert-OH is 1. The number of hydrogen-bond acceptors (Lipinski definition) is 4. The summed E-state index contributed by atoms with van der Waals surface area (Å²) in [5.74, 6) is -1.60. The quantitative estimate of drug-likeness (QED) is 0.820. The maximum atomic E-state index is 12.9. The molecule has 1 aromatic carbocycles. The van der Waals surface area contributed by atoms with Crippen molar-refractivity contribution in [2.75, 3.05) is 0 Å². The van der Waals surface area contributed by atoms with E-state index in [1.54, 1.807) is 30.9 Å². The lowest BCUT2D eigenvalue weighted by molar-refractivity contribution is -0.132. The van der Waals surface area contributed by atoms with Gasteiger partial charge in [0.15, 0.2) is 11.5 Å². The number of benzene rings is 1. The molecule has 6 heteroatoms. The normalized spacial score (nSPS) is 21.8. The van der Waals surface area contributed by atoms with E-state index in [9.17, 15) is 19.8 Å². The molecular weight excluding hydrogens is 354 g/mol. The first kappa shape index (κ1) is 18.8. The lowest BCUT2D eigenvalue weighted by atomic mass is 9.88. The minimum Gasteiger partial charge on any atom is -0.506 e. The molecule has 26 heavy (non-hydrogen) atoms. The fraction of sp³-hybridized carbons (Fsp3) is 0.500. The average molecular weight is 378 g/mol. The third-order valence-electron chi connectivity index (χ3n) is 5.29. The van der Waals surface area contributed by atoms with E-state index in [1.807, 2.05) is 0 Å². The first-order chi connectivity index (χ1) is 12.3. The third-order valence-corrected chi connectivity index (χ3v) is 5.59. The van der Waals surface area contributed by atoms with E-state index < -0.39 is 17.7 Å². The largest absolute Gasteiger partial charge is 0.506 e. The molecule has 1 atom stereocenters. The van der Waals surface area contributed by atoms with Crippen molar-refractivity contribution in [3.8, 4) is 5.75 Å². The molecule has 0 saturated heterocycles. The van der Waals surface area contributed by atoms with Crippen molar-refractivity contribution < 1.29 is 19.8 Å². The number of nitrogens with zero attached hydrogens (tertiary/aromatic N) is 1. The lowest BCUT2D eigenvalue weighted by Crippen LogP contribution is -2.41. The number of phenols is 1. The van der Waals surface area contributed by atoms with Crippen LogP contribution in [0.2, 0.25) is 5.02 Å². The van der Waals surface area contributed by atoms with Gasteiger partial charge in [-0.15, -0.1) is 0 Å². The third kappa shape index (κ3) is 3.20. The van der Waals surface area contributed by atoms with E-state index in [1.165, 1.54) is 6.07 Å². The Kier molecular flexibility index (Phi) is 5.28. The summed E-state index contributed by atoms with van der Waals surface area (Å²) in [4.78, 5) is 27.3. The Balaban J connectivity index is 2.10. The van der Waals surface area contributed by atoms with Crippen molar-refractivity contribution in [3.63, 3.8) is 0 Å². The van der Waals surface area contributed by atoms with Gasteiger partial charge in [-0.2, -0.15) is 0 Å². The fourth-order valence-corrected chi connectivity index (χ4v) is 4.13. The highest BCUT2D eigenvalue weighted by Gasteiger charge is 2.46. The maximum Gasteiger partial charge on any atom is 0.290 e. The zero-order chi connectivity index (χ0) is 19.0. The number of amides is 1. The van der Waals surface area contributed by atoms with Crippen LogP contribution < -0.4 is 0 Å². The summed E-state index contributed by atoms with van der Waals surface area (Å²) in [7, 11) is 0. The van der Waals surface area contributed by atoms with E-state index in [0.717, 1.165) is 32.1 Å². The maximum absolute atomic E-state index is 12.9. The van der Waals surface area contributed by atoms with Gasteiger partial charge in [0, 0.05) is 12.0 Å². The number of aromatic hydroxyl groups is 1. The predicted octanol–water partition coefficient (Wildman–Crippen LogP) is 4.30. The Bertz CT molecular complexity index is 765. The highest BCUT2D eigenvalue weighted by molar-refractivity contribution is 6.32. The molecule has 1 fully saturated rings. The first-order valence-corrected chi connectivity index (χ1v) is 9.49. The van der Waals surface area contributed by atoms with Gasteiger partial charge in [-0.1, -0.05) is 50.8 Å². The van der Waals surface area contributed by atoms with Crippen molar-refractivity contribution in [1.29, 1.82) is 0 Å². The Hall–Kier alpha value is -2.01. The van der Waals surface area contributed by atoms with Gasteiger partial charge in [0.25, 0.3) is 5.91 Å². The van der Waals surface area contributed by atoms with E-state index in [0.29, 0.717) is 5.56 Å². The van der Waals surface area contributed by atoms with Gasteiger partial charge >= 0.3 is 0 Å². The predicted molar refractivity (Wildman–Crippen MR) is 99.1 cm³/mol. The lowest BCUT2D eigenvalue weighted by Gasteiger charge is -2.36. The smallest absolute Gasteiger partial charge is 0.290 e. The number of carbonyl (C=O) groups is 2. The minimum absolute atomic E-state index is 0.0200. The summed E-state index contributed by atoms with van der Waals surface area (Å²) < 4.78 is 0. The number of ketones is 1. The van der Waals surface area contributed by atoms with Crippen LogP contribution in [0.4, 0.5) is 0 Å². The average Bonchev–Trinajstić information content (AvgIpc) is 2.89. The molecule has 2 aliphatic rings. The zero-order valence-electron chi connectivity index (χ0n) is 15.0. The van der Waals surface area contributed by atoms with Crippen LogP contribution in [0.25, 0.3) is 0 Å². The monoisotopic (exact) mass is 377 g/mol. The first-order valence-electron chi connectivity index (χ1n) is 9.11. The summed E-state index contributed by atoms with van der Waals surface area (Å²) in [6, 6.07) is 3.98. The molecule has 1 aromatic rings. The van der Waals surface area contributed by atoms with Gasteiger partial charge in [0.2, 0.25) is 0 Å². The molecule has 1 amide bonds. The number of phenolic OH excluding ortho intramolecular Hbond substituents is 1. The number of hydrogen-bond donors (Lipinski definition) is 2. The highest BCUT2D eigenvalue weighted by Crippen LogP contribution is 2.43. The summed E-state index contributed by atoms with van der Waals surface area (Å²) in [6.45, 7) is 3.49. The van der Waals surface area contributed by atoms with Crippen LogP contribution in [0, 0.1) is 5.92 Å². The van der Waals surface area contributed by atoms with Crippen LogP contribution in [-0.2, 0) is 9.59 Å². The Morgan fingerprint density at radius 1 is 1.19 bits per heavy atom. The second-order valence-electron chi connectivity index (χ2n) is 7.40. The van der Waals surface area contributed by atoms with Crippen LogP contribution in [0.1, 0.15) is 57.6 Å². The molecule has 5 nitrogen and oxygen atoms in total. The molecule has 1 unspecified atom stereocenters. The van der Waals surface area contributed by atoms with Crippen LogP contribution in [0.5, 0.6) is 5.75 Å². The highest BCUT2D eigenvalue weighted by atomic mass is 35.5. The van der Waals surface area contributed by atoms with Gasteiger partial charge < -0.3 is 15.1 Å². The van der Waals surface area contributed by atoms with Crippen molar-refractivity contribution in [2.24, 2.45) is 5.92 Å². The molecule has 0 spiro atoms. The number of aliphatic hydroxyl groups is 1. The molecule has 1 saturated carbocycles. The van der Waals surface area contributed by atoms with E-state index >= 15 is 0 Å². The van der Waals surface area contributed by atoms with Crippen LogP contribution in [0.15, 0.2) is 29.5 Å². The number of halogens is 1. The van der Waals surface area contributed by atoms with Gasteiger partial charge in [-0.25, -0.2) is 0 Å². The molecule has 2 N–H and O–H groups in total. The summed E-state index contributed by atoms with van der Waals surface area (Å²) in [6.07, 6.45) is 4.87. The Labute approximate surface area is 158 Å². The molecule has 1 aliphatic heterocycles. The van der Waals surface area contributed by atoms with Gasteiger partial charge in [0.05, 0.1) is 16.6 Å². The molecular formula is C20H24ClNO4. The topological polar surface area (TPSA) is 77.8 Å². The van der Waals surface area contributed by atoms with Gasteiger partial charge in [-0.05, 0) is 30.5 Å². The molecule has 140 valence electrons. The van der Waals surface area contributed by atoms with Crippen molar-refractivity contribution in [1.82, 2.24) is 4.90 Å². The minimum atomic E-state index is -0.668. The van der Waals surface area contributed by atoms with Crippen LogP contribution >= 0.6 is 11.6 Å². The SMILES string of the molecule is CC(C)C(=O)C1=C(O)C(=O)N(C2CCCCC2)C1c1ccc(O)c(Cl)c1. The number of Topliss-reactive ketones (excluding diaryl/α,β-unsaturated/α-hetero) is 1. The molecule has 0 aromatic heterocycles. The number of rotatable bonds is 4. The number of carbonyl (C=O) groups excluding carboxylic acids is 2. The van der Waals surface area contributed by atoms with E-state index in [4.69, 9.17) is 11.6 Å². The zero-order valence-corrected chi connectivity index (χ0v) is 15.8. The second kappa shape index (κ2) is 7.31. The molecule has 0 radical (unpaired) electrons. The standard InChI is InChI=1S/C20H24ClNO4/c1-11(2)18(24)16-17(12-8-9-15(23)14(21)10-12)22(20(26)19(16)25)13-6-4-3-5-7-13/h8-11,13,17,23,25H,3-7H2,1-2H3. The summed E-state index contributed by atoms with van der Waals surface area (Å²) >= 11 is 6.07. The van der Waals surface area contributed by atoms with E-state index in [2.05, 4.69) is 0 Å². The summed E-state index contributed by atoms with van der Waals surface area (Å²) in [5, 5.41) is 20.4. The van der Waals surface area contributed by atoms with Gasteiger partial charge in [-0.3, -0.25) is 9.59 Å². The molecule has 0 bridgehead atoms. The van der Waals surface area contributed by atoms with Crippen molar-refractivity contribution in [2.45, 2.75) is 58.0 Å². The second-order valence-corrected chi connectivity index (χ2v) is 7.81. The molecule has 1 aliphatic carbocycles. The Morgan fingerprint density at radius 3 is 2.42 bits per heavy atom. The Morgan fingerprint density at radius 2 is 1.85 bits per heavy atom. The van der Waals surface area contributed by atoms with Crippen LogP contribution in [0.3, 0.4) is 0 Å². The fourth-order valence-electron chi connectivity index (χ4n) is 3.94. The van der Waals surface area contributed by atoms with Gasteiger partial charge in [0.1, 0.15) is 5.75 Å². The van der Waals surface area contributed by atoms with Crippen molar-refractivity contribution >= 4 is 23.3 Å². The van der Waals surface area contributed by atoms with E-state index in [-0.39, 0.29) is 34.1 Å². The van der Waals surface area contributed by atoms with Crippen LogP contribution in [-0.4, -0.2) is 32.8 Å². The van der Waals surface area contributed by atoms with Crippen molar-refractivity contribution in [3.05, 3.63) is 40.1 Å². The molecule has 1 heterocycles.